The number of hydrogen-bond acceptors (Lipinski definition) is 4. The number of likely N-dealkylation sites (N-methyl/N-ethyl adjacent to an activating group) is 1. The predicted octanol–water partition coefficient (Wildman–Crippen LogP) is 3.55. The Morgan fingerprint density at radius 3 is 2.64 bits per heavy atom. The van der Waals surface area contributed by atoms with Crippen molar-refractivity contribution in [1.82, 2.24) is 4.90 Å². The first kappa shape index (κ1) is 18.8. The molecule has 6 heteroatoms. The Labute approximate surface area is 152 Å². The highest BCUT2D eigenvalue weighted by atomic mass is 35.5. The van der Waals surface area contributed by atoms with Gasteiger partial charge >= 0.3 is 0 Å². The number of halogens is 1. The number of nitriles is 1. The van der Waals surface area contributed by atoms with Crippen molar-refractivity contribution in [3.05, 3.63) is 59.1 Å². The number of anilines is 1. The number of hydrogen-bond donors (Lipinski definition) is 1. The zero-order valence-electron chi connectivity index (χ0n) is 14.2. The Balaban J connectivity index is 1.84. The third-order valence-corrected chi connectivity index (χ3v) is 4.12. The van der Waals surface area contributed by atoms with E-state index < -0.39 is 0 Å². The summed E-state index contributed by atoms with van der Waals surface area (Å²) in [7, 11) is 1.85. The number of carbonyl (C=O) groups excluding carboxylic acids is 1. The first-order chi connectivity index (χ1) is 12.0. The number of nitrogens with zero attached hydrogens (tertiary/aromatic N) is 2. The molecule has 5 nitrogen and oxygen atoms in total. The van der Waals surface area contributed by atoms with Gasteiger partial charge in [-0.05, 0) is 50.4 Å². The lowest BCUT2D eigenvalue weighted by Crippen LogP contribution is -2.41. The van der Waals surface area contributed by atoms with E-state index in [1.54, 1.807) is 48.5 Å². The minimum absolute atomic E-state index is 0.170. The van der Waals surface area contributed by atoms with Gasteiger partial charge in [0.25, 0.3) is 0 Å². The second-order valence-corrected chi connectivity index (χ2v) is 6.04. The van der Waals surface area contributed by atoms with E-state index >= 15 is 0 Å². The number of amides is 1. The van der Waals surface area contributed by atoms with Crippen LogP contribution >= 0.6 is 11.6 Å². The smallest absolute Gasteiger partial charge is 0.241 e. The van der Waals surface area contributed by atoms with Gasteiger partial charge in [0, 0.05) is 11.6 Å². The zero-order valence-corrected chi connectivity index (χ0v) is 15.0. The van der Waals surface area contributed by atoms with Gasteiger partial charge in [-0.15, -0.1) is 0 Å². The summed E-state index contributed by atoms with van der Waals surface area (Å²) in [5.41, 5.74) is 0.962. The highest BCUT2D eigenvalue weighted by Gasteiger charge is 2.18. The first-order valence-electron chi connectivity index (χ1n) is 7.90. The van der Waals surface area contributed by atoms with E-state index in [9.17, 15) is 4.79 Å². The summed E-state index contributed by atoms with van der Waals surface area (Å²) in [6, 6.07) is 15.8. The average Bonchev–Trinajstić information content (AvgIpc) is 2.63. The SMILES string of the molecule is C[C@@H](C(=O)Nc1ccccc1C#N)N(C)CCOc1ccc(Cl)cc1. The first-order valence-corrected chi connectivity index (χ1v) is 8.27. The number of rotatable bonds is 7. The Bertz CT molecular complexity index is 756. The van der Waals surface area contributed by atoms with Gasteiger partial charge in [-0.2, -0.15) is 5.26 Å². The molecule has 0 aliphatic rings. The van der Waals surface area contributed by atoms with Gasteiger partial charge in [0.1, 0.15) is 18.4 Å². The van der Waals surface area contributed by atoms with Gasteiger partial charge < -0.3 is 10.1 Å². The van der Waals surface area contributed by atoms with Gasteiger partial charge in [-0.25, -0.2) is 0 Å². The molecular weight excluding hydrogens is 338 g/mol. The Morgan fingerprint density at radius 1 is 1.28 bits per heavy atom. The van der Waals surface area contributed by atoms with Gasteiger partial charge in [0.05, 0.1) is 17.3 Å². The fourth-order valence-electron chi connectivity index (χ4n) is 2.16. The number of para-hydroxylation sites is 1. The van der Waals surface area contributed by atoms with Crippen molar-refractivity contribution < 1.29 is 9.53 Å². The van der Waals surface area contributed by atoms with Crippen LogP contribution in [0, 0.1) is 11.3 Å². The standard InChI is InChI=1S/C19H20ClN3O2/c1-14(19(24)22-18-6-4-3-5-15(18)13-21)23(2)11-12-25-17-9-7-16(20)8-10-17/h3-10,14H,11-12H2,1-2H3,(H,22,24)/t14-/m0/s1. The average molecular weight is 358 g/mol. The molecule has 0 bridgehead atoms. The minimum Gasteiger partial charge on any atom is -0.492 e. The monoisotopic (exact) mass is 357 g/mol. The second-order valence-electron chi connectivity index (χ2n) is 5.61. The molecule has 0 aliphatic heterocycles. The lowest BCUT2D eigenvalue weighted by molar-refractivity contribution is -0.120. The van der Waals surface area contributed by atoms with Crippen LogP contribution in [-0.2, 0) is 4.79 Å². The number of benzene rings is 2. The van der Waals surface area contributed by atoms with E-state index in [1.165, 1.54) is 0 Å². The molecule has 0 saturated carbocycles. The molecule has 2 aromatic rings. The second kappa shape index (κ2) is 9.07. The predicted molar refractivity (Wildman–Crippen MR) is 98.8 cm³/mol. The molecule has 1 N–H and O–H groups in total. The quantitative estimate of drug-likeness (QED) is 0.823. The third kappa shape index (κ3) is 5.49. The molecule has 0 fully saturated rings. The van der Waals surface area contributed by atoms with Crippen LogP contribution in [0.25, 0.3) is 0 Å². The van der Waals surface area contributed by atoms with Gasteiger partial charge in [-0.1, -0.05) is 23.7 Å². The van der Waals surface area contributed by atoms with E-state index in [-0.39, 0.29) is 11.9 Å². The third-order valence-electron chi connectivity index (χ3n) is 3.87. The van der Waals surface area contributed by atoms with Crippen LogP contribution in [0.15, 0.2) is 48.5 Å². The van der Waals surface area contributed by atoms with Crippen LogP contribution in [0.3, 0.4) is 0 Å². The molecule has 1 amide bonds. The fraction of sp³-hybridized carbons (Fsp3) is 0.263. The molecule has 1 atom stereocenters. The summed E-state index contributed by atoms with van der Waals surface area (Å²) >= 11 is 5.83. The maximum Gasteiger partial charge on any atom is 0.241 e. The van der Waals surface area contributed by atoms with Crippen LogP contribution in [-0.4, -0.2) is 37.0 Å². The van der Waals surface area contributed by atoms with Crippen molar-refractivity contribution in [2.24, 2.45) is 0 Å². The summed E-state index contributed by atoms with van der Waals surface area (Å²) in [6.07, 6.45) is 0. The lowest BCUT2D eigenvalue weighted by atomic mass is 10.2. The molecule has 25 heavy (non-hydrogen) atoms. The van der Waals surface area contributed by atoms with Crippen LogP contribution in [0.5, 0.6) is 5.75 Å². The summed E-state index contributed by atoms with van der Waals surface area (Å²) in [4.78, 5) is 14.3. The molecule has 130 valence electrons. The minimum atomic E-state index is -0.361. The van der Waals surface area contributed by atoms with Crippen molar-refractivity contribution in [3.63, 3.8) is 0 Å². The van der Waals surface area contributed by atoms with Crippen molar-refractivity contribution in [2.75, 3.05) is 25.5 Å². The van der Waals surface area contributed by atoms with Gasteiger partial charge in [-0.3, -0.25) is 9.69 Å². The number of carbonyl (C=O) groups is 1. The molecule has 0 unspecified atom stereocenters. The molecule has 0 radical (unpaired) electrons. The van der Waals surface area contributed by atoms with E-state index in [4.69, 9.17) is 21.6 Å². The van der Waals surface area contributed by atoms with E-state index in [0.717, 1.165) is 5.75 Å². The van der Waals surface area contributed by atoms with Crippen molar-refractivity contribution in [1.29, 1.82) is 5.26 Å². The Morgan fingerprint density at radius 2 is 1.96 bits per heavy atom. The van der Waals surface area contributed by atoms with Crippen LogP contribution < -0.4 is 10.1 Å². The summed E-state index contributed by atoms with van der Waals surface area (Å²) < 4.78 is 5.64. The largest absolute Gasteiger partial charge is 0.492 e. The highest BCUT2D eigenvalue weighted by Crippen LogP contribution is 2.16. The highest BCUT2D eigenvalue weighted by molar-refractivity contribution is 6.30. The number of nitrogens with one attached hydrogen (secondary N) is 1. The molecule has 0 aromatic heterocycles. The van der Waals surface area contributed by atoms with Crippen molar-refractivity contribution >= 4 is 23.2 Å². The summed E-state index contributed by atoms with van der Waals surface area (Å²) in [5.74, 6) is 0.564. The van der Waals surface area contributed by atoms with Crippen LogP contribution in [0.1, 0.15) is 12.5 Å². The molecule has 0 heterocycles. The molecular formula is C19H20ClN3O2. The molecule has 2 aromatic carbocycles. The van der Waals surface area contributed by atoms with Crippen LogP contribution in [0.4, 0.5) is 5.69 Å². The van der Waals surface area contributed by atoms with Crippen molar-refractivity contribution in [3.8, 4) is 11.8 Å². The van der Waals surface area contributed by atoms with Gasteiger partial charge in [0.2, 0.25) is 5.91 Å². The maximum atomic E-state index is 12.4. The molecule has 2 rings (SSSR count). The van der Waals surface area contributed by atoms with E-state index in [1.807, 2.05) is 18.9 Å². The maximum absolute atomic E-state index is 12.4. The Kier molecular flexibility index (Phi) is 6.81. The lowest BCUT2D eigenvalue weighted by Gasteiger charge is -2.24. The van der Waals surface area contributed by atoms with E-state index in [0.29, 0.717) is 29.4 Å². The fourth-order valence-corrected chi connectivity index (χ4v) is 2.28. The normalized spacial score (nSPS) is 11.6. The molecule has 0 saturated heterocycles. The van der Waals surface area contributed by atoms with Gasteiger partial charge in [0.15, 0.2) is 0 Å². The summed E-state index contributed by atoms with van der Waals surface area (Å²) in [5, 5.41) is 12.5. The topological polar surface area (TPSA) is 65.4 Å². The van der Waals surface area contributed by atoms with E-state index in [2.05, 4.69) is 11.4 Å². The Hall–Kier alpha value is -2.55. The summed E-state index contributed by atoms with van der Waals surface area (Å²) in [6.45, 7) is 2.84. The van der Waals surface area contributed by atoms with Crippen LogP contribution in [0.2, 0.25) is 5.02 Å². The van der Waals surface area contributed by atoms with Crippen molar-refractivity contribution in [2.45, 2.75) is 13.0 Å². The molecule has 0 aliphatic carbocycles. The molecule has 0 spiro atoms. The number of ether oxygens (including phenoxy) is 1. The zero-order chi connectivity index (χ0) is 18.2.